The van der Waals surface area contributed by atoms with E-state index in [0.717, 1.165) is 6.92 Å². The molecular formula is C25H33F2N6O6PS. The number of anilines is 1. The molecular weight excluding hydrogens is 581 g/mol. The van der Waals surface area contributed by atoms with E-state index in [-0.39, 0.29) is 18.0 Å². The Morgan fingerprint density at radius 2 is 2.00 bits per heavy atom. The minimum atomic E-state index is -3.70. The fourth-order valence-electron chi connectivity index (χ4n) is 4.29. The number of carbonyl (C=O) groups is 1. The number of aryl methyl sites for hydroxylation is 1. The molecule has 3 aromatic rings. The third-order valence-electron chi connectivity index (χ3n) is 6.32. The molecule has 6 atom stereocenters. The lowest BCUT2D eigenvalue weighted by Crippen LogP contribution is -2.47. The van der Waals surface area contributed by atoms with Gasteiger partial charge < -0.3 is 28.5 Å². The number of aliphatic hydroxyl groups is 1. The van der Waals surface area contributed by atoms with Crippen molar-refractivity contribution in [2.75, 3.05) is 32.2 Å². The number of carbonyl (C=O) groups excluding carboxylic acids is 1. The summed E-state index contributed by atoms with van der Waals surface area (Å²) in [5.41, 5.74) is -2.13. The number of ether oxygens (including phenoxy) is 2. The van der Waals surface area contributed by atoms with Gasteiger partial charge in [-0.3, -0.25) is 9.36 Å². The molecule has 12 nitrogen and oxygen atoms in total. The minimum absolute atomic E-state index is 0.127. The topological polar surface area (TPSA) is 133 Å². The molecule has 0 amide bonds. The summed E-state index contributed by atoms with van der Waals surface area (Å²) in [7, 11) is 3.52. The van der Waals surface area contributed by atoms with E-state index in [2.05, 4.69) is 20.0 Å². The second kappa shape index (κ2) is 11.8. The quantitative estimate of drug-likeness (QED) is 0.242. The molecule has 1 aromatic carbocycles. The van der Waals surface area contributed by atoms with Gasteiger partial charge in [-0.05, 0) is 51.6 Å². The Balaban J connectivity index is 1.63. The summed E-state index contributed by atoms with van der Waals surface area (Å²) >= 11 is 5.58. The van der Waals surface area contributed by atoms with Crippen molar-refractivity contribution in [2.45, 2.75) is 57.6 Å². The van der Waals surface area contributed by atoms with E-state index in [1.807, 2.05) is 0 Å². The predicted octanol–water partition coefficient (Wildman–Crippen LogP) is 3.35. The zero-order valence-corrected chi connectivity index (χ0v) is 25.2. The van der Waals surface area contributed by atoms with Crippen molar-refractivity contribution in [3.05, 3.63) is 42.5 Å². The fraction of sp³-hybridized carbons (Fsp3) is 0.520. The number of nitrogens with one attached hydrogen (secondary N) is 1. The standard InChI is InChI=1S/C25H33F2N6O6PS/c1-7-36-21(34)15(2)31-40(41,39-17-11-9-8-10-12-17)37-13-25(27)22(35)24(4,26)23(38-25)33-14-28-18-19(32(5)6)29-16(3)30-20(18)33/h8-12,14-15,22-23,35H,7,13H2,1-6H3,(H,31,41)/t15-,22-,23+,24+,25+,40?/m0/s1. The van der Waals surface area contributed by atoms with E-state index >= 15 is 8.78 Å². The molecule has 41 heavy (non-hydrogen) atoms. The lowest BCUT2D eigenvalue weighted by molar-refractivity contribution is -0.202. The van der Waals surface area contributed by atoms with Gasteiger partial charge in [-0.2, -0.15) is 0 Å². The molecule has 0 radical (unpaired) electrons. The van der Waals surface area contributed by atoms with Crippen molar-refractivity contribution in [2.24, 2.45) is 0 Å². The average Bonchev–Trinajstić information content (AvgIpc) is 3.40. The van der Waals surface area contributed by atoms with Gasteiger partial charge in [-0.1, -0.05) is 18.2 Å². The molecule has 2 N–H and O–H groups in total. The highest BCUT2D eigenvalue weighted by atomic mass is 32.5. The molecule has 3 heterocycles. The van der Waals surface area contributed by atoms with Crippen LogP contribution in [0.2, 0.25) is 0 Å². The number of imidazole rings is 1. The van der Waals surface area contributed by atoms with Crippen molar-refractivity contribution < 1.29 is 37.2 Å². The van der Waals surface area contributed by atoms with Gasteiger partial charge in [0.15, 0.2) is 35.0 Å². The van der Waals surface area contributed by atoms with Gasteiger partial charge in [0, 0.05) is 14.1 Å². The van der Waals surface area contributed by atoms with Crippen molar-refractivity contribution in [1.82, 2.24) is 24.6 Å². The Kier molecular flexibility index (Phi) is 8.98. The first-order valence-electron chi connectivity index (χ1n) is 12.8. The minimum Gasteiger partial charge on any atom is -0.465 e. The Hall–Kier alpha value is -2.81. The Morgan fingerprint density at radius 1 is 1.32 bits per heavy atom. The third-order valence-corrected chi connectivity index (χ3v) is 8.80. The van der Waals surface area contributed by atoms with E-state index in [9.17, 15) is 9.90 Å². The van der Waals surface area contributed by atoms with Crippen LogP contribution in [-0.2, 0) is 30.6 Å². The van der Waals surface area contributed by atoms with Gasteiger partial charge >= 0.3 is 12.6 Å². The summed E-state index contributed by atoms with van der Waals surface area (Å²) in [6.07, 6.45) is -2.74. The molecule has 0 spiro atoms. The largest absolute Gasteiger partial charge is 0.465 e. The van der Waals surface area contributed by atoms with Gasteiger partial charge in [0.05, 0.1) is 12.9 Å². The highest BCUT2D eigenvalue weighted by Gasteiger charge is 2.65. The first-order valence-corrected chi connectivity index (χ1v) is 15.4. The van der Waals surface area contributed by atoms with Crippen molar-refractivity contribution in [1.29, 1.82) is 0 Å². The predicted molar refractivity (Wildman–Crippen MR) is 150 cm³/mol. The van der Waals surface area contributed by atoms with Crippen LogP contribution in [0.5, 0.6) is 5.75 Å². The van der Waals surface area contributed by atoms with E-state index in [1.54, 1.807) is 63.2 Å². The lowest BCUT2D eigenvalue weighted by Gasteiger charge is -2.30. The van der Waals surface area contributed by atoms with E-state index in [4.69, 9.17) is 30.3 Å². The van der Waals surface area contributed by atoms with Crippen LogP contribution in [0.4, 0.5) is 14.6 Å². The number of alkyl halides is 2. The Labute approximate surface area is 241 Å². The van der Waals surface area contributed by atoms with Crippen LogP contribution in [0.25, 0.3) is 11.2 Å². The first kappa shape index (κ1) is 31.1. The van der Waals surface area contributed by atoms with Crippen molar-refractivity contribution >= 4 is 41.4 Å². The summed E-state index contributed by atoms with van der Waals surface area (Å²) in [4.78, 5) is 27.0. The lowest BCUT2D eigenvalue weighted by atomic mass is 9.97. The molecule has 0 saturated carbocycles. The van der Waals surface area contributed by atoms with Gasteiger partial charge in [-0.15, -0.1) is 0 Å². The molecule has 1 unspecified atom stereocenters. The van der Waals surface area contributed by atoms with E-state index < -0.39 is 49.1 Å². The molecule has 0 aliphatic carbocycles. The van der Waals surface area contributed by atoms with Crippen LogP contribution >= 0.6 is 6.64 Å². The second-order valence-electron chi connectivity index (χ2n) is 9.90. The van der Waals surface area contributed by atoms with Crippen LogP contribution in [0, 0.1) is 6.92 Å². The molecule has 1 aliphatic heterocycles. The summed E-state index contributed by atoms with van der Waals surface area (Å²) < 4.78 is 55.7. The third kappa shape index (κ3) is 6.35. The first-order chi connectivity index (χ1) is 19.2. The molecule has 1 fully saturated rings. The number of nitrogens with zero attached hydrogens (tertiary/aromatic N) is 5. The number of benzene rings is 1. The number of hydrogen-bond acceptors (Lipinski definition) is 11. The number of halogens is 2. The van der Waals surface area contributed by atoms with Crippen LogP contribution < -0.4 is 14.5 Å². The Morgan fingerprint density at radius 3 is 2.63 bits per heavy atom. The van der Waals surface area contributed by atoms with Gasteiger partial charge in [-0.25, -0.2) is 28.8 Å². The number of hydrogen-bond donors (Lipinski definition) is 2. The molecule has 2 aromatic heterocycles. The van der Waals surface area contributed by atoms with Gasteiger partial charge in [0.1, 0.15) is 24.2 Å². The van der Waals surface area contributed by atoms with Crippen molar-refractivity contribution in [3.63, 3.8) is 0 Å². The summed E-state index contributed by atoms with van der Waals surface area (Å²) in [5, 5.41) is 13.6. The maximum absolute atomic E-state index is 16.3. The zero-order valence-electron chi connectivity index (χ0n) is 23.4. The second-order valence-corrected chi connectivity index (χ2v) is 13.0. The van der Waals surface area contributed by atoms with Crippen LogP contribution in [0.15, 0.2) is 36.7 Å². The smallest absolute Gasteiger partial charge is 0.323 e. The normalized spacial score (nSPS) is 26.5. The van der Waals surface area contributed by atoms with Crippen molar-refractivity contribution in [3.8, 4) is 5.75 Å². The van der Waals surface area contributed by atoms with Crippen LogP contribution in [0.1, 0.15) is 32.8 Å². The van der Waals surface area contributed by atoms with Crippen LogP contribution in [0.3, 0.4) is 0 Å². The summed E-state index contributed by atoms with van der Waals surface area (Å²) in [6.45, 7) is 1.19. The Bertz CT molecular complexity index is 1450. The number of aromatic nitrogens is 4. The molecule has 224 valence electrons. The zero-order chi connectivity index (χ0) is 30.2. The number of fused-ring (bicyclic) bond motifs is 1. The van der Waals surface area contributed by atoms with Gasteiger partial charge in [0.2, 0.25) is 0 Å². The number of para-hydroxylation sites is 1. The molecule has 1 aliphatic rings. The number of rotatable bonds is 11. The SMILES string of the molecule is CCOC(=O)[C@H](C)NP(=S)(OC[C@@]1(F)O[C@@H](n2cnc3c(N(C)C)nc(C)nc32)[C@](C)(F)[C@@H]1O)Oc1ccccc1. The number of esters is 1. The fourth-order valence-corrected chi connectivity index (χ4v) is 6.69. The maximum Gasteiger partial charge on any atom is 0.323 e. The van der Waals surface area contributed by atoms with Gasteiger partial charge in [0.25, 0.3) is 5.85 Å². The monoisotopic (exact) mass is 614 g/mol. The van der Waals surface area contributed by atoms with E-state index in [1.165, 1.54) is 17.8 Å². The van der Waals surface area contributed by atoms with E-state index in [0.29, 0.717) is 17.2 Å². The molecule has 0 bridgehead atoms. The molecule has 4 rings (SSSR count). The highest BCUT2D eigenvalue weighted by molar-refractivity contribution is 8.09. The average molecular weight is 615 g/mol. The molecule has 16 heteroatoms. The molecule has 1 saturated heterocycles. The number of aliphatic hydroxyl groups excluding tert-OH is 1. The highest BCUT2D eigenvalue weighted by Crippen LogP contribution is 2.52. The maximum atomic E-state index is 16.3. The summed E-state index contributed by atoms with van der Waals surface area (Å²) in [6, 6.07) is 7.33. The summed E-state index contributed by atoms with van der Waals surface area (Å²) in [5.74, 6) is -2.58. The van der Waals surface area contributed by atoms with Crippen LogP contribution in [-0.4, -0.2) is 81.6 Å².